The van der Waals surface area contributed by atoms with E-state index in [0.717, 1.165) is 9.60 Å². The van der Waals surface area contributed by atoms with Crippen molar-refractivity contribution in [3.63, 3.8) is 0 Å². The number of fused-ring (bicyclic) bond motifs is 1. The van der Waals surface area contributed by atoms with Crippen molar-refractivity contribution in [2.24, 2.45) is 0 Å². The summed E-state index contributed by atoms with van der Waals surface area (Å²) in [5.41, 5.74) is 1.24. The van der Waals surface area contributed by atoms with Crippen LogP contribution in [0.3, 0.4) is 0 Å². The number of aromatic nitrogens is 1. The summed E-state index contributed by atoms with van der Waals surface area (Å²) in [4.78, 5) is 40.7. The lowest BCUT2D eigenvalue weighted by atomic mass is 10.3. The number of imide groups is 1. The van der Waals surface area contributed by atoms with Crippen LogP contribution in [-0.4, -0.2) is 41.1 Å². The van der Waals surface area contributed by atoms with E-state index in [-0.39, 0.29) is 37.3 Å². The summed E-state index contributed by atoms with van der Waals surface area (Å²) < 4.78 is 0.769. The Bertz CT molecular complexity index is 788. The Morgan fingerprint density at radius 2 is 2.04 bits per heavy atom. The first-order valence-corrected chi connectivity index (χ1v) is 8.32. The van der Waals surface area contributed by atoms with Gasteiger partial charge in [-0.15, -0.1) is 0 Å². The molecular weight excluding hydrogens is 332 g/mol. The van der Waals surface area contributed by atoms with E-state index in [9.17, 15) is 14.4 Å². The number of carbonyl (C=O) groups excluding carboxylic acids is 3. The fraction of sp³-hybridized carbons (Fsp3) is 0.333. The molecule has 0 bridgehead atoms. The highest BCUT2D eigenvalue weighted by molar-refractivity contribution is 7.22. The first kappa shape index (κ1) is 16.3. The van der Waals surface area contributed by atoms with Crippen molar-refractivity contribution in [3.8, 4) is 0 Å². The largest absolute Gasteiger partial charge is 0.396 e. The van der Waals surface area contributed by atoms with E-state index < -0.39 is 0 Å². The van der Waals surface area contributed by atoms with Gasteiger partial charge < -0.3 is 15.7 Å². The van der Waals surface area contributed by atoms with E-state index in [4.69, 9.17) is 5.11 Å². The van der Waals surface area contributed by atoms with Crippen LogP contribution in [0.5, 0.6) is 0 Å². The zero-order valence-corrected chi connectivity index (χ0v) is 13.6. The Labute approximate surface area is 141 Å². The Morgan fingerprint density at radius 3 is 2.75 bits per heavy atom. The molecule has 1 fully saturated rings. The molecule has 0 aliphatic carbocycles. The van der Waals surface area contributed by atoms with Crippen molar-refractivity contribution < 1.29 is 19.5 Å². The highest BCUT2D eigenvalue weighted by atomic mass is 32.1. The Morgan fingerprint density at radius 1 is 1.29 bits per heavy atom. The Balaban J connectivity index is 1.75. The fourth-order valence-corrected chi connectivity index (χ4v) is 3.37. The van der Waals surface area contributed by atoms with Crippen molar-refractivity contribution in [3.05, 3.63) is 18.2 Å². The molecule has 0 unspecified atom stereocenters. The number of hydrogen-bond acceptors (Lipinski definition) is 6. The molecule has 0 saturated carbocycles. The van der Waals surface area contributed by atoms with Crippen LogP contribution in [-0.2, 0) is 9.59 Å². The van der Waals surface area contributed by atoms with Gasteiger partial charge >= 0.3 is 6.03 Å². The molecule has 9 heteroatoms. The molecule has 0 spiro atoms. The average Bonchev–Trinajstić information content (AvgIpc) is 3.10. The summed E-state index contributed by atoms with van der Waals surface area (Å²) in [6.45, 7) is 0.401. The lowest BCUT2D eigenvalue weighted by molar-refractivity contribution is -0.121. The van der Waals surface area contributed by atoms with Gasteiger partial charge in [0.2, 0.25) is 11.8 Å². The molecule has 0 radical (unpaired) electrons. The minimum Gasteiger partial charge on any atom is -0.396 e. The van der Waals surface area contributed by atoms with E-state index in [2.05, 4.69) is 15.6 Å². The number of nitrogens with zero attached hydrogens (tertiary/aromatic N) is 2. The molecular formula is C15H16N4O4S. The number of anilines is 2. The van der Waals surface area contributed by atoms with Crippen LogP contribution < -0.4 is 15.5 Å². The number of urea groups is 1. The first-order chi connectivity index (χ1) is 11.6. The molecule has 2 heterocycles. The number of carbonyl (C=O) groups is 3. The van der Waals surface area contributed by atoms with Crippen molar-refractivity contribution in [1.29, 1.82) is 0 Å². The van der Waals surface area contributed by atoms with Gasteiger partial charge in [0, 0.05) is 31.7 Å². The molecule has 2 aromatic rings. The van der Waals surface area contributed by atoms with Crippen LogP contribution in [0.15, 0.2) is 18.2 Å². The molecule has 126 valence electrons. The van der Waals surface area contributed by atoms with Gasteiger partial charge in [0.25, 0.3) is 0 Å². The maximum atomic E-state index is 11.8. The molecule has 1 aromatic carbocycles. The van der Waals surface area contributed by atoms with Crippen LogP contribution in [0.25, 0.3) is 10.2 Å². The van der Waals surface area contributed by atoms with Crippen LogP contribution in [0.4, 0.5) is 15.6 Å². The zero-order valence-electron chi connectivity index (χ0n) is 12.7. The summed E-state index contributed by atoms with van der Waals surface area (Å²) >= 11 is 1.23. The molecule has 1 aromatic heterocycles. The molecule has 0 atom stereocenters. The third kappa shape index (κ3) is 3.36. The predicted molar refractivity (Wildman–Crippen MR) is 90.1 cm³/mol. The summed E-state index contributed by atoms with van der Waals surface area (Å²) in [5, 5.41) is 14.4. The van der Waals surface area contributed by atoms with Gasteiger partial charge in [0.15, 0.2) is 5.13 Å². The highest BCUT2D eigenvalue weighted by Crippen LogP contribution is 2.33. The second-order valence-corrected chi connectivity index (χ2v) is 6.27. The van der Waals surface area contributed by atoms with Crippen LogP contribution in [0.1, 0.15) is 19.3 Å². The van der Waals surface area contributed by atoms with Gasteiger partial charge in [0.1, 0.15) is 0 Å². The summed E-state index contributed by atoms with van der Waals surface area (Å²) in [6, 6.07) is 4.81. The lowest BCUT2D eigenvalue weighted by Crippen LogP contribution is -2.29. The molecule has 3 rings (SSSR count). The molecule has 24 heavy (non-hydrogen) atoms. The van der Waals surface area contributed by atoms with E-state index in [0.29, 0.717) is 29.3 Å². The highest BCUT2D eigenvalue weighted by Gasteiger charge is 2.32. The monoisotopic (exact) mass is 348 g/mol. The van der Waals surface area contributed by atoms with Crippen molar-refractivity contribution >= 4 is 50.2 Å². The summed E-state index contributed by atoms with van der Waals surface area (Å²) in [5.74, 6) is -0.471. The van der Waals surface area contributed by atoms with Gasteiger partial charge in [-0.05, 0) is 24.6 Å². The number of aliphatic hydroxyl groups excluding tert-OH is 1. The SMILES string of the molecule is O=C(NCCCO)Nc1ccc2nc(N3C(=O)CCC3=O)sc2c1. The number of amides is 4. The quantitative estimate of drug-likeness (QED) is 0.559. The average molecular weight is 348 g/mol. The Kier molecular flexibility index (Phi) is 4.72. The Hall–Kier alpha value is -2.52. The van der Waals surface area contributed by atoms with E-state index in [1.165, 1.54) is 11.3 Å². The lowest BCUT2D eigenvalue weighted by Gasteiger charge is -2.07. The molecule has 1 aliphatic heterocycles. The van der Waals surface area contributed by atoms with Crippen LogP contribution >= 0.6 is 11.3 Å². The standard InChI is InChI=1S/C15H16N4O4S/c20-7-1-6-16-14(23)17-9-2-3-10-11(8-9)24-15(18-10)19-12(21)4-5-13(19)22/h2-3,8,20H,1,4-7H2,(H2,16,17,23). The third-order valence-corrected chi connectivity index (χ3v) is 4.50. The number of aliphatic hydroxyl groups is 1. The number of rotatable bonds is 5. The van der Waals surface area contributed by atoms with Crippen molar-refractivity contribution in [2.45, 2.75) is 19.3 Å². The second kappa shape index (κ2) is 6.93. The van der Waals surface area contributed by atoms with Crippen molar-refractivity contribution in [2.75, 3.05) is 23.4 Å². The normalized spacial score (nSPS) is 14.5. The first-order valence-electron chi connectivity index (χ1n) is 7.50. The van der Waals surface area contributed by atoms with E-state index >= 15 is 0 Å². The summed E-state index contributed by atoms with van der Waals surface area (Å²) in [6.07, 6.45) is 0.924. The van der Waals surface area contributed by atoms with E-state index in [1.807, 2.05) is 0 Å². The van der Waals surface area contributed by atoms with Crippen LogP contribution in [0, 0.1) is 0 Å². The number of thiazole rings is 1. The number of hydrogen-bond donors (Lipinski definition) is 3. The van der Waals surface area contributed by atoms with Gasteiger partial charge in [0.05, 0.1) is 10.2 Å². The smallest absolute Gasteiger partial charge is 0.319 e. The number of benzene rings is 1. The molecule has 8 nitrogen and oxygen atoms in total. The topological polar surface area (TPSA) is 112 Å². The van der Waals surface area contributed by atoms with E-state index in [1.54, 1.807) is 18.2 Å². The zero-order chi connectivity index (χ0) is 17.1. The maximum absolute atomic E-state index is 11.8. The molecule has 1 aliphatic rings. The second-order valence-electron chi connectivity index (χ2n) is 5.26. The van der Waals surface area contributed by atoms with Gasteiger partial charge in [-0.2, -0.15) is 0 Å². The van der Waals surface area contributed by atoms with Gasteiger partial charge in [-0.1, -0.05) is 11.3 Å². The molecule has 4 amide bonds. The number of nitrogens with one attached hydrogen (secondary N) is 2. The molecule has 3 N–H and O–H groups in total. The minimum absolute atomic E-state index is 0.0177. The van der Waals surface area contributed by atoms with Gasteiger partial charge in [-0.3, -0.25) is 9.59 Å². The third-order valence-electron chi connectivity index (χ3n) is 3.50. The minimum atomic E-state index is -0.363. The maximum Gasteiger partial charge on any atom is 0.319 e. The van der Waals surface area contributed by atoms with Crippen LogP contribution in [0.2, 0.25) is 0 Å². The molecule has 1 saturated heterocycles. The van der Waals surface area contributed by atoms with Gasteiger partial charge in [-0.25, -0.2) is 14.7 Å². The fourth-order valence-electron chi connectivity index (χ4n) is 2.33. The predicted octanol–water partition coefficient (Wildman–Crippen LogP) is 1.45. The van der Waals surface area contributed by atoms with Crippen molar-refractivity contribution in [1.82, 2.24) is 10.3 Å². The summed E-state index contributed by atoms with van der Waals surface area (Å²) in [7, 11) is 0.